The summed E-state index contributed by atoms with van der Waals surface area (Å²) in [6, 6.07) is 6.10. The van der Waals surface area contributed by atoms with Crippen LogP contribution in [0.3, 0.4) is 0 Å². The van der Waals surface area contributed by atoms with Gasteiger partial charge in [0.15, 0.2) is 11.6 Å². The van der Waals surface area contributed by atoms with Gasteiger partial charge < -0.3 is 10.6 Å². The van der Waals surface area contributed by atoms with Crippen molar-refractivity contribution in [3.8, 4) is 0 Å². The van der Waals surface area contributed by atoms with E-state index in [0.717, 1.165) is 24.3 Å². The van der Waals surface area contributed by atoms with Crippen LogP contribution in [0, 0.1) is 23.3 Å². The normalized spacial score (nSPS) is 10.3. The van der Waals surface area contributed by atoms with Gasteiger partial charge in [0, 0.05) is 11.8 Å². The average Bonchev–Trinajstić information content (AvgIpc) is 2.42. The maximum atomic E-state index is 13.3. The SMILES string of the molecule is O=C(CNc1c(F)cccc1F)Nc1ccc(F)c(F)c1. The zero-order valence-corrected chi connectivity index (χ0v) is 10.6. The van der Waals surface area contributed by atoms with Crippen LogP contribution in [-0.2, 0) is 4.79 Å². The number of rotatable bonds is 4. The van der Waals surface area contributed by atoms with E-state index in [1.165, 1.54) is 12.1 Å². The fraction of sp³-hybridized carbons (Fsp3) is 0.0714. The Morgan fingerprint density at radius 1 is 0.905 bits per heavy atom. The molecule has 0 saturated heterocycles. The van der Waals surface area contributed by atoms with Gasteiger partial charge >= 0.3 is 0 Å². The van der Waals surface area contributed by atoms with E-state index in [9.17, 15) is 22.4 Å². The lowest BCUT2D eigenvalue weighted by Gasteiger charge is -2.09. The molecule has 2 rings (SSSR count). The number of amides is 1. The minimum Gasteiger partial charge on any atom is -0.371 e. The number of carbonyl (C=O) groups is 1. The highest BCUT2D eigenvalue weighted by atomic mass is 19.2. The fourth-order valence-electron chi connectivity index (χ4n) is 1.61. The number of halogens is 4. The smallest absolute Gasteiger partial charge is 0.243 e. The third kappa shape index (κ3) is 3.71. The van der Waals surface area contributed by atoms with Crippen LogP contribution in [-0.4, -0.2) is 12.5 Å². The van der Waals surface area contributed by atoms with Crippen LogP contribution in [0.2, 0.25) is 0 Å². The molecule has 0 heterocycles. The standard InChI is InChI=1S/C14H10F4N2O/c15-9-5-4-8(6-12(9)18)20-13(21)7-19-14-10(16)2-1-3-11(14)17/h1-6,19H,7H2,(H,20,21). The Balaban J connectivity index is 1.97. The lowest BCUT2D eigenvalue weighted by Crippen LogP contribution is -2.22. The van der Waals surface area contributed by atoms with Gasteiger partial charge in [0.2, 0.25) is 5.91 Å². The molecule has 0 aliphatic rings. The van der Waals surface area contributed by atoms with Gasteiger partial charge in [0.05, 0.1) is 6.54 Å². The van der Waals surface area contributed by atoms with Gasteiger partial charge in [-0.2, -0.15) is 0 Å². The predicted octanol–water partition coefficient (Wildman–Crippen LogP) is 3.29. The number of benzene rings is 2. The summed E-state index contributed by atoms with van der Waals surface area (Å²) in [5, 5.41) is 4.56. The zero-order chi connectivity index (χ0) is 15.4. The van der Waals surface area contributed by atoms with E-state index in [2.05, 4.69) is 10.6 Å². The van der Waals surface area contributed by atoms with Gasteiger partial charge in [0.25, 0.3) is 0 Å². The van der Waals surface area contributed by atoms with Gasteiger partial charge in [-0.05, 0) is 24.3 Å². The van der Waals surface area contributed by atoms with E-state index in [1.54, 1.807) is 0 Å². The molecular formula is C14H10F4N2O. The van der Waals surface area contributed by atoms with Crippen LogP contribution < -0.4 is 10.6 Å². The molecule has 0 unspecified atom stereocenters. The van der Waals surface area contributed by atoms with Crippen LogP contribution >= 0.6 is 0 Å². The first kappa shape index (κ1) is 14.8. The van der Waals surface area contributed by atoms with Crippen LogP contribution in [0.5, 0.6) is 0 Å². The first-order valence-electron chi connectivity index (χ1n) is 5.90. The summed E-state index contributed by atoms with van der Waals surface area (Å²) in [6.45, 7) is -0.434. The number of carbonyl (C=O) groups excluding carboxylic acids is 1. The molecule has 3 nitrogen and oxygen atoms in total. The molecule has 0 bridgehead atoms. The van der Waals surface area contributed by atoms with Gasteiger partial charge in [-0.15, -0.1) is 0 Å². The summed E-state index contributed by atoms with van der Waals surface area (Å²) < 4.78 is 52.3. The molecule has 21 heavy (non-hydrogen) atoms. The quantitative estimate of drug-likeness (QED) is 0.850. The Kier molecular flexibility index (Phi) is 4.42. The maximum Gasteiger partial charge on any atom is 0.243 e. The summed E-state index contributed by atoms with van der Waals surface area (Å²) in [5.74, 6) is -4.49. The molecule has 0 radical (unpaired) electrons. The second-order valence-electron chi connectivity index (χ2n) is 4.13. The minimum atomic E-state index is -1.11. The molecule has 7 heteroatoms. The highest BCUT2D eigenvalue weighted by Crippen LogP contribution is 2.18. The molecule has 110 valence electrons. The molecule has 0 saturated carbocycles. The summed E-state index contributed by atoms with van der Waals surface area (Å²) >= 11 is 0. The Labute approximate surface area is 117 Å². The van der Waals surface area contributed by atoms with Crippen molar-refractivity contribution in [3.05, 3.63) is 59.7 Å². The number of para-hydroxylation sites is 1. The summed E-state index contributed by atoms with van der Waals surface area (Å²) in [4.78, 5) is 11.6. The molecule has 0 aliphatic carbocycles. The Bertz CT molecular complexity index is 656. The van der Waals surface area contributed by atoms with E-state index >= 15 is 0 Å². The van der Waals surface area contributed by atoms with Crippen molar-refractivity contribution in [2.24, 2.45) is 0 Å². The predicted molar refractivity (Wildman–Crippen MR) is 69.8 cm³/mol. The molecular weight excluding hydrogens is 288 g/mol. The summed E-state index contributed by atoms with van der Waals surface area (Å²) in [5.41, 5.74) is -0.396. The van der Waals surface area contributed by atoms with Crippen molar-refractivity contribution in [1.29, 1.82) is 0 Å². The molecule has 0 aliphatic heterocycles. The molecule has 2 aromatic rings. The van der Waals surface area contributed by atoms with Gasteiger partial charge in [0.1, 0.15) is 17.3 Å². The van der Waals surface area contributed by atoms with Crippen molar-refractivity contribution in [1.82, 2.24) is 0 Å². The van der Waals surface area contributed by atoms with Crippen molar-refractivity contribution in [2.45, 2.75) is 0 Å². The second kappa shape index (κ2) is 6.25. The van der Waals surface area contributed by atoms with Crippen LogP contribution in [0.1, 0.15) is 0 Å². The molecule has 0 fully saturated rings. The van der Waals surface area contributed by atoms with E-state index in [0.29, 0.717) is 0 Å². The van der Waals surface area contributed by atoms with Gasteiger partial charge in [-0.3, -0.25) is 4.79 Å². The van der Waals surface area contributed by atoms with E-state index in [4.69, 9.17) is 0 Å². The molecule has 2 N–H and O–H groups in total. The largest absolute Gasteiger partial charge is 0.371 e. The summed E-state index contributed by atoms with van der Waals surface area (Å²) in [6.07, 6.45) is 0. The highest BCUT2D eigenvalue weighted by molar-refractivity contribution is 5.93. The number of anilines is 2. The summed E-state index contributed by atoms with van der Waals surface area (Å²) in [7, 11) is 0. The first-order valence-corrected chi connectivity index (χ1v) is 5.90. The third-order valence-corrected chi connectivity index (χ3v) is 2.59. The fourth-order valence-corrected chi connectivity index (χ4v) is 1.61. The van der Waals surface area contributed by atoms with Crippen LogP contribution in [0.15, 0.2) is 36.4 Å². The van der Waals surface area contributed by atoms with Crippen LogP contribution in [0.25, 0.3) is 0 Å². The topological polar surface area (TPSA) is 41.1 Å². The van der Waals surface area contributed by atoms with Crippen molar-refractivity contribution < 1.29 is 22.4 Å². The number of hydrogen-bond donors (Lipinski definition) is 2. The van der Waals surface area contributed by atoms with E-state index in [1.807, 2.05) is 0 Å². The lowest BCUT2D eigenvalue weighted by atomic mass is 10.3. The maximum absolute atomic E-state index is 13.3. The molecule has 1 amide bonds. The third-order valence-electron chi connectivity index (χ3n) is 2.59. The molecule has 0 spiro atoms. The highest BCUT2D eigenvalue weighted by Gasteiger charge is 2.10. The Morgan fingerprint density at radius 2 is 1.57 bits per heavy atom. The first-order chi connectivity index (χ1) is 9.97. The molecule has 2 aromatic carbocycles. The van der Waals surface area contributed by atoms with Crippen molar-refractivity contribution in [2.75, 3.05) is 17.2 Å². The number of hydrogen-bond acceptors (Lipinski definition) is 2. The van der Waals surface area contributed by atoms with Crippen molar-refractivity contribution >= 4 is 17.3 Å². The average molecular weight is 298 g/mol. The Morgan fingerprint density at radius 3 is 2.19 bits per heavy atom. The zero-order valence-electron chi connectivity index (χ0n) is 10.6. The van der Waals surface area contributed by atoms with Gasteiger partial charge in [-0.1, -0.05) is 6.07 Å². The number of nitrogens with one attached hydrogen (secondary N) is 2. The molecule has 0 aromatic heterocycles. The lowest BCUT2D eigenvalue weighted by molar-refractivity contribution is -0.114. The monoisotopic (exact) mass is 298 g/mol. The van der Waals surface area contributed by atoms with Crippen LogP contribution in [0.4, 0.5) is 28.9 Å². The van der Waals surface area contributed by atoms with Gasteiger partial charge in [-0.25, -0.2) is 17.6 Å². The molecule has 0 atom stereocenters. The van der Waals surface area contributed by atoms with E-state index < -0.39 is 41.4 Å². The minimum absolute atomic E-state index is 0.0368. The Hall–Kier alpha value is -2.57. The van der Waals surface area contributed by atoms with Crippen molar-refractivity contribution in [3.63, 3.8) is 0 Å². The van der Waals surface area contributed by atoms with E-state index in [-0.39, 0.29) is 5.69 Å². The second-order valence-corrected chi connectivity index (χ2v) is 4.13.